The second-order valence-electron chi connectivity index (χ2n) is 10.8. The Hall–Kier alpha value is -3.49. The van der Waals surface area contributed by atoms with Gasteiger partial charge in [0.05, 0.1) is 20.8 Å². The summed E-state index contributed by atoms with van der Waals surface area (Å²) in [5.41, 5.74) is 5.65. The maximum atomic E-state index is 14.7. The van der Waals surface area contributed by atoms with Gasteiger partial charge in [0, 0.05) is 38.0 Å². The van der Waals surface area contributed by atoms with Gasteiger partial charge in [-0.25, -0.2) is 4.39 Å². The number of likely N-dealkylation sites (N-methyl/N-ethyl adjacent to an activating group) is 1. The van der Waals surface area contributed by atoms with Gasteiger partial charge in [0.2, 0.25) is 0 Å². The number of phenols is 1. The van der Waals surface area contributed by atoms with Crippen LogP contribution in [0.2, 0.25) is 0 Å². The number of phenolic OH excluding ortho intramolecular Hbond substituents is 1. The zero-order valence-corrected chi connectivity index (χ0v) is 25.4. The van der Waals surface area contributed by atoms with E-state index in [9.17, 15) is 9.50 Å². The summed E-state index contributed by atoms with van der Waals surface area (Å²) < 4.78 is 37.0. The molecule has 0 spiro atoms. The van der Waals surface area contributed by atoms with E-state index >= 15 is 0 Å². The van der Waals surface area contributed by atoms with Crippen LogP contribution in [0.15, 0.2) is 48.5 Å². The first-order valence-electron chi connectivity index (χ1n) is 14.9. The van der Waals surface area contributed by atoms with Crippen molar-refractivity contribution in [2.45, 2.75) is 44.9 Å². The second-order valence-corrected chi connectivity index (χ2v) is 10.8. The molecule has 0 saturated carbocycles. The smallest absolute Gasteiger partial charge is 0.165 e. The first-order valence-corrected chi connectivity index (χ1v) is 14.9. The van der Waals surface area contributed by atoms with Crippen LogP contribution in [0.4, 0.5) is 10.1 Å². The van der Waals surface area contributed by atoms with E-state index in [1.54, 1.807) is 32.4 Å². The second kappa shape index (κ2) is 15.7. The van der Waals surface area contributed by atoms with Crippen LogP contribution in [0, 0.1) is 5.82 Å². The van der Waals surface area contributed by atoms with Gasteiger partial charge in [-0.3, -0.25) is 0 Å². The van der Waals surface area contributed by atoms with Gasteiger partial charge in [0.15, 0.2) is 23.1 Å². The number of nitrogens with one attached hydrogen (secondary N) is 1. The highest BCUT2D eigenvalue weighted by Crippen LogP contribution is 2.42. The van der Waals surface area contributed by atoms with Crippen molar-refractivity contribution in [2.75, 3.05) is 66.0 Å². The number of aromatic hydroxyl groups is 1. The number of ether oxygens (including phenoxy) is 4. The highest BCUT2D eigenvalue weighted by molar-refractivity contribution is 5.62. The molecule has 42 heavy (non-hydrogen) atoms. The van der Waals surface area contributed by atoms with Crippen molar-refractivity contribution in [3.8, 4) is 23.0 Å². The van der Waals surface area contributed by atoms with E-state index in [0.717, 1.165) is 56.4 Å². The van der Waals surface area contributed by atoms with E-state index in [1.807, 2.05) is 38.2 Å². The molecule has 0 fully saturated rings. The highest BCUT2D eigenvalue weighted by atomic mass is 19.1. The average Bonchev–Trinajstić information content (AvgIpc) is 2.99. The van der Waals surface area contributed by atoms with Crippen molar-refractivity contribution in [1.29, 1.82) is 0 Å². The number of hydrogen-bond acceptors (Lipinski definition) is 7. The number of anilines is 1. The summed E-state index contributed by atoms with van der Waals surface area (Å²) in [6, 6.07) is 15.0. The molecule has 1 unspecified atom stereocenters. The quantitative estimate of drug-likeness (QED) is 0.195. The van der Waals surface area contributed by atoms with E-state index in [-0.39, 0.29) is 11.6 Å². The van der Waals surface area contributed by atoms with Gasteiger partial charge < -0.3 is 34.3 Å². The minimum absolute atomic E-state index is 0.286. The molecule has 1 atom stereocenters. The summed E-state index contributed by atoms with van der Waals surface area (Å²) in [6.45, 7) is 6.04. The molecule has 0 aromatic heterocycles. The van der Waals surface area contributed by atoms with Gasteiger partial charge in [0.25, 0.3) is 0 Å². The Morgan fingerprint density at radius 2 is 1.74 bits per heavy atom. The summed E-state index contributed by atoms with van der Waals surface area (Å²) in [4.78, 5) is 2.11. The van der Waals surface area contributed by atoms with Crippen molar-refractivity contribution in [3.05, 3.63) is 76.6 Å². The number of methoxy groups -OCH3 is 2. The molecule has 0 saturated heterocycles. The molecule has 1 aliphatic carbocycles. The minimum atomic E-state index is -0.328. The predicted molar refractivity (Wildman–Crippen MR) is 165 cm³/mol. The lowest BCUT2D eigenvalue weighted by Crippen LogP contribution is -2.28. The lowest BCUT2D eigenvalue weighted by Gasteiger charge is -2.28. The first-order chi connectivity index (χ1) is 20.4. The number of halogens is 1. The third kappa shape index (κ3) is 8.52. The Morgan fingerprint density at radius 3 is 2.50 bits per heavy atom. The first kappa shape index (κ1) is 31.4. The maximum Gasteiger partial charge on any atom is 0.165 e. The third-order valence-electron chi connectivity index (χ3n) is 7.92. The number of benzene rings is 3. The van der Waals surface area contributed by atoms with E-state index < -0.39 is 0 Å². The zero-order valence-electron chi connectivity index (χ0n) is 25.4. The van der Waals surface area contributed by atoms with E-state index in [4.69, 9.17) is 18.9 Å². The Bertz CT molecular complexity index is 1300. The van der Waals surface area contributed by atoms with E-state index in [1.165, 1.54) is 16.7 Å². The van der Waals surface area contributed by atoms with Gasteiger partial charge in [-0.2, -0.15) is 0 Å². The summed E-state index contributed by atoms with van der Waals surface area (Å²) in [5, 5.41) is 13.5. The fourth-order valence-electron chi connectivity index (χ4n) is 5.51. The zero-order chi connectivity index (χ0) is 29.9. The topological polar surface area (TPSA) is 72.4 Å². The number of aryl methyl sites for hydroxylation is 2. The van der Waals surface area contributed by atoms with E-state index in [0.29, 0.717) is 49.5 Å². The molecule has 7 nitrogen and oxygen atoms in total. The average molecular weight is 581 g/mol. The van der Waals surface area contributed by atoms with Crippen molar-refractivity contribution >= 4 is 5.69 Å². The molecular formula is C34H45FN2O5. The fourth-order valence-corrected chi connectivity index (χ4v) is 5.51. The number of nitrogens with zero attached hydrogens (tertiary/aromatic N) is 1. The van der Waals surface area contributed by atoms with Gasteiger partial charge in [-0.15, -0.1) is 0 Å². The monoisotopic (exact) mass is 580 g/mol. The number of hydrogen-bond donors (Lipinski definition) is 2. The largest absolute Gasteiger partial charge is 0.508 e. The Morgan fingerprint density at radius 1 is 0.952 bits per heavy atom. The summed E-state index contributed by atoms with van der Waals surface area (Å²) >= 11 is 0. The van der Waals surface area contributed by atoms with Crippen LogP contribution in [0.5, 0.6) is 23.0 Å². The minimum Gasteiger partial charge on any atom is -0.508 e. The standard InChI is InChI=1S/C34H45FN2O5/c1-5-41-17-15-37(2)16-18-42-32-13-8-24(19-30(32)35)7-6-14-36-31-23-34(40-4)33(39-3)22-29(31)27-10-9-26-21-28(38)12-11-25(26)20-27/h8,11-13,19,21-23,27,36,38H,5-7,9-10,14-18,20H2,1-4H3. The molecule has 3 aromatic carbocycles. The Balaban J connectivity index is 1.33. The molecule has 1 aliphatic rings. The van der Waals surface area contributed by atoms with Crippen LogP contribution in [0.1, 0.15) is 47.9 Å². The Kier molecular flexibility index (Phi) is 11.7. The molecule has 0 aliphatic heterocycles. The molecule has 4 rings (SSSR count). The van der Waals surface area contributed by atoms with Crippen molar-refractivity contribution in [3.63, 3.8) is 0 Å². The Labute approximate surface area is 249 Å². The van der Waals surface area contributed by atoms with E-state index in [2.05, 4.69) is 16.3 Å². The molecule has 228 valence electrons. The van der Waals surface area contributed by atoms with Crippen LogP contribution >= 0.6 is 0 Å². The maximum absolute atomic E-state index is 14.7. The fraction of sp³-hybridized carbons (Fsp3) is 0.471. The summed E-state index contributed by atoms with van der Waals surface area (Å²) in [5.74, 6) is 1.99. The normalized spacial score (nSPS) is 14.5. The van der Waals surface area contributed by atoms with Crippen LogP contribution in [0.3, 0.4) is 0 Å². The van der Waals surface area contributed by atoms with Crippen LogP contribution < -0.4 is 19.5 Å². The summed E-state index contributed by atoms with van der Waals surface area (Å²) in [7, 11) is 5.31. The predicted octanol–water partition coefficient (Wildman–Crippen LogP) is 6.21. The molecule has 0 heterocycles. The molecule has 0 bridgehead atoms. The lowest BCUT2D eigenvalue weighted by atomic mass is 9.79. The molecule has 2 N–H and O–H groups in total. The number of fused-ring (bicyclic) bond motifs is 1. The van der Waals surface area contributed by atoms with Crippen LogP contribution in [-0.4, -0.2) is 70.7 Å². The van der Waals surface area contributed by atoms with Crippen LogP contribution in [-0.2, 0) is 24.0 Å². The molecular weight excluding hydrogens is 535 g/mol. The summed E-state index contributed by atoms with van der Waals surface area (Å²) in [6.07, 6.45) is 4.38. The van der Waals surface area contributed by atoms with Gasteiger partial charge in [-0.1, -0.05) is 12.1 Å². The number of rotatable bonds is 16. The van der Waals surface area contributed by atoms with Crippen molar-refractivity contribution < 1.29 is 28.4 Å². The van der Waals surface area contributed by atoms with Gasteiger partial charge in [-0.05, 0) is 105 Å². The highest BCUT2D eigenvalue weighted by Gasteiger charge is 2.24. The van der Waals surface area contributed by atoms with Gasteiger partial charge >= 0.3 is 0 Å². The van der Waals surface area contributed by atoms with Gasteiger partial charge in [0.1, 0.15) is 12.4 Å². The molecule has 8 heteroatoms. The SMILES string of the molecule is CCOCCN(C)CCOc1ccc(CCCNc2cc(OC)c(OC)cc2C2CCc3cc(O)ccc3C2)cc1F. The molecule has 0 amide bonds. The molecule has 0 radical (unpaired) electrons. The molecule has 3 aromatic rings. The van der Waals surface area contributed by atoms with Crippen LogP contribution in [0.25, 0.3) is 0 Å². The van der Waals surface area contributed by atoms with Crippen molar-refractivity contribution in [2.24, 2.45) is 0 Å². The lowest BCUT2D eigenvalue weighted by molar-refractivity contribution is 0.116. The third-order valence-corrected chi connectivity index (χ3v) is 7.92. The van der Waals surface area contributed by atoms with Crippen molar-refractivity contribution in [1.82, 2.24) is 4.90 Å².